The molecule has 0 saturated carbocycles. The molecule has 1 aromatic carbocycles. The maximum Gasteiger partial charge on any atom is 0.0469 e. The van der Waals surface area contributed by atoms with Gasteiger partial charge in [0.2, 0.25) is 0 Å². The van der Waals surface area contributed by atoms with Crippen molar-refractivity contribution in [2.75, 3.05) is 19.8 Å². The largest absolute Gasteiger partial charge is 0.381 e. The first kappa shape index (κ1) is 14.1. The number of hydrogen-bond acceptors (Lipinski definition) is 2. The van der Waals surface area contributed by atoms with E-state index in [4.69, 9.17) is 27.9 Å². The summed E-state index contributed by atoms with van der Waals surface area (Å²) in [5.74, 6) is 0.538. The Morgan fingerprint density at radius 2 is 1.89 bits per heavy atom. The summed E-state index contributed by atoms with van der Waals surface area (Å²) < 4.78 is 5.43. The van der Waals surface area contributed by atoms with Gasteiger partial charge in [-0.3, -0.25) is 0 Å². The van der Waals surface area contributed by atoms with Crippen molar-refractivity contribution in [3.8, 4) is 0 Å². The summed E-state index contributed by atoms with van der Waals surface area (Å²) >= 11 is 12.6. The first-order valence-electron chi connectivity index (χ1n) is 6.49. The zero-order valence-electron chi connectivity index (χ0n) is 10.6. The molecular weight excluding hydrogens is 269 g/mol. The minimum absolute atomic E-state index is 0.222. The molecule has 1 unspecified atom stereocenters. The van der Waals surface area contributed by atoms with E-state index in [0.29, 0.717) is 5.92 Å². The minimum atomic E-state index is 0.222. The summed E-state index contributed by atoms with van der Waals surface area (Å²) in [5.41, 5.74) is 1.04. The molecule has 0 bridgehead atoms. The highest BCUT2D eigenvalue weighted by Crippen LogP contribution is 2.37. The molecule has 1 aromatic rings. The molecular formula is C14H19Cl2NO. The number of ether oxygens (including phenoxy) is 1. The molecule has 0 aliphatic carbocycles. The third-order valence-electron chi connectivity index (χ3n) is 3.47. The van der Waals surface area contributed by atoms with Gasteiger partial charge in [-0.05, 0) is 37.4 Å². The lowest BCUT2D eigenvalue weighted by Gasteiger charge is -2.32. The fraction of sp³-hybridized carbons (Fsp3) is 0.571. The Morgan fingerprint density at radius 3 is 2.44 bits per heavy atom. The highest BCUT2D eigenvalue weighted by atomic mass is 35.5. The van der Waals surface area contributed by atoms with Gasteiger partial charge >= 0.3 is 0 Å². The third kappa shape index (κ3) is 3.18. The molecule has 1 atom stereocenters. The molecule has 0 amide bonds. The summed E-state index contributed by atoms with van der Waals surface area (Å²) in [5, 5.41) is 5.03. The lowest BCUT2D eigenvalue weighted by atomic mass is 9.87. The quantitative estimate of drug-likeness (QED) is 0.901. The Morgan fingerprint density at radius 1 is 1.28 bits per heavy atom. The molecule has 100 valence electrons. The van der Waals surface area contributed by atoms with Gasteiger partial charge in [0, 0.05) is 34.9 Å². The van der Waals surface area contributed by atoms with Crippen LogP contribution in [-0.4, -0.2) is 19.8 Å². The number of hydrogen-bond donors (Lipinski definition) is 1. The van der Waals surface area contributed by atoms with E-state index < -0.39 is 0 Å². The second kappa shape index (κ2) is 6.76. The van der Waals surface area contributed by atoms with Crippen molar-refractivity contribution < 1.29 is 4.74 Å². The zero-order chi connectivity index (χ0) is 13.0. The van der Waals surface area contributed by atoms with Gasteiger partial charge in [-0.1, -0.05) is 36.2 Å². The van der Waals surface area contributed by atoms with Crippen LogP contribution < -0.4 is 5.32 Å². The monoisotopic (exact) mass is 287 g/mol. The van der Waals surface area contributed by atoms with Crippen LogP contribution in [0.5, 0.6) is 0 Å². The average molecular weight is 288 g/mol. The normalized spacial score (nSPS) is 18.8. The Bertz CT molecular complexity index is 371. The second-order valence-corrected chi connectivity index (χ2v) is 5.43. The zero-order valence-corrected chi connectivity index (χ0v) is 12.1. The molecule has 1 aliphatic heterocycles. The van der Waals surface area contributed by atoms with E-state index in [1.54, 1.807) is 0 Å². The van der Waals surface area contributed by atoms with Gasteiger partial charge in [0.05, 0.1) is 0 Å². The fourth-order valence-corrected chi connectivity index (χ4v) is 3.21. The van der Waals surface area contributed by atoms with Crippen molar-refractivity contribution in [3.05, 3.63) is 33.8 Å². The first-order valence-corrected chi connectivity index (χ1v) is 7.24. The van der Waals surface area contributed by atoms with Gasteiger partial charge in [-0.15, -0.1) is 0 Å². The molecule has 1 aliphatic rings. The van der Waals surface area contributed by atoms with Crippen molar-refractivity contribution in [3.63, 3.8) is 0 Å². The number of rotatable bonds is 4. The summed E-state index contributed by atoms with van der Waals surface area (Å²) in [7, 11) is 0. The van der Waals surface area contributed by atoms with E-state index in [-0.39, 0.29) is 6.04 Å². The van der Waals surface area contributed by atoms with Gasteiger partial charge in [0.1, 0.15) is 0 Å². The SMILES string of the molecule is CCNC(c1c(Cl)cccc1Cl)C1CCOCC1. The van der Waals surface area contributed by atoms with Gasteiger partial charge in [-0.25, -0.2) is 0 Å². The lowest BCUT2D eigenvalue weighted by Crippen LogP contribution is -2.32. The predicted molar refractivity (Wildman–Crippen MR) is 76.4 cm³/mol. The predicted octanol–water partition coefficient (Wildman–Crippen LogP) is 4.07. The summed E-state index contributed by atoms with van der Waals surface area (Å²) in [6, 6.07) is 5.93. The van der Waals surface area contributed by atoms with Crippen molar-refractivity contribution >= 4 is 23.2 Å². The molecule has 2 nitrogen and oxygen atoms in total. The van der Waals surface area contributed by atoms with Gasteiger partial charge < -0.3 is 10.1 Å². The molecule has 0 spiro atoms. The van der Waals surface area contributed by atoms with E-state index >= 15 is 0 Å². The smallest absolute Gasteiger partial charge is 0.0469 e. The summed E-state index contributed by atoms with van der Waals surface area (Å²) in [6.07, 6.45) is 2.11. The maximum absolute atomic E-state index is 6.32. The molecule has 2 rings (SSSR count). The van der Waals surface area contributed by atoms with Crippen LogP contribution in [-0.2, 0) is 4.74 Å². The van der Waals surface area contributed by atoms with Crippen LogP contribution in [0.3, 0.4) is 0 Å². The fourth-order valence-electron chi connectivity index (χ4n) is 2.58. The Kier molecular flexibility index (Phi) is 5.31. The van der Waals surface area contributed by atoms with Crippen LogP contribution in [0, 0.1) is 5.92 Å². The highest BCUT2D eigenvalue weighted by molar-refractivity contribution is 6.36. The topological polar surface area (TPSA) is 21.3 Å². The minimum Gasteiger partial charge on any atom is -0.381 e. The van der Waals surface area contributed by atoms with E-state index in [2.05, 4.69) is 12.2 Å². The number of nitrogens with one attached hydrogen (secondary N) is 1. The van der Waals surface area contributed by atoms with Crippen LogP contribution >= 0.6 is 23.2 Å². The van der Waals surface area contributed by atoms with E-state index in [0.717, 1.165) is 48.2 Å². The standard InChI is InChI=1S/C14H19Cl2NO/c1-2-17-14(10-6-8-18-9-7-10)13-11(15)4-3-5-12(13)16/h3-5,10,14,17H,2,6-9H2,1H3. The number of benzene rings is 1. The van der Waals surface area contributed by atoms with Gasteiger partial charge in [0.25, 0.3) is 0 Å². The molecule has 1 heterocycles. The molecule has 4 heteroatoms. The van der Waals surface area contributed by atoms with Gasteiger partial charge in [-0.2, -0.15) is 0 Å². The first-order chi connectivity index (χ1) is 8.74. The lowest BCUT2D eigenvalue weighted by molar-refractivity contribution is 0.0538. The molecule has 1 N–H and O–H groups in total. The van der Waals surface area contributed by atoms with Crippen molar-refractivity contribution in [2.24, 2.45) is 5.92 Å². The van der Waals surface area contributed by atoms with Crippen molar-refractivity contribution in [2.45, 2.75) is 25.8 Å². The van der Waals surface area contributed by atoms with Crippen LogP contribution in [0.2, 0.25) is 10.0 Å². The molecule has 1 saturated heterocycles. The number of halogens is 2. The average Bonchev–Trinajstić information content (AvgIpc) is 2.38. The van der Waals surface area contributed by atoms with Crippen LogP contribution in [0.25, 0.3) is 0 Å². The molecule has 0 aromatic heterocycles. The second-order valence-electron chi connectivity index (χ2n) is 4.62. The molecule has 18 heavy (non-hydrogen) atoms. The van der Waals surface area contributed by atoms with Crippen molar-refractivity contribution in [1.29, 1.82) is 0 Å². The van der Waals surface area contributed by atoms with E-state index in [1.807, 2.05) is 18.2 Å². The Hall–Kier alpha value is -0.280. The van der Waals surface area contributed by atoms with E-state index in [1.165, 1.54) is 0 Å². The highest BCUT2D eigenvalue weighted by Gasteiger charge is 2.27. The van der Waals surface area contributed by atoms with Gasteiger partial charge in [0.15, 0.2) is 0 Å². The maximum atomic E-state index is 6.32. The third-order valence-corrected chi connectivity index (χ3v) is 4.13. The molecule has 0 radical (unpaired) electrons. The Labute approximate surface area is 119 Å². The van der Waals surface area contributed by atoms with Crippen molar-refractivity contribution in [1.82, 2.24) is 5.32 Å². The Balaban J connectivity index is 2.28. The van der Waals surface area contributed by atoms with Crippen LogP contribution in [0.4, 0.5) is 0 Å². The van der Waals surface area contributed by atoms with E-state index in [9.17, 15) is 0 Å². The summed E-state index contributed by atoms with van der Waals surface area (Å²) in [6.45, 7) is 4.67. The molecule has 1 fully saturated rings. The van der Waals surface area contributed by atoms with Crippen LogP contribution in [0.1, 0.15) is 31.4 Å². The van der Waals surface area contributed by atoms with Crippen LogP contribution in [0.15, 0.2) is 18.2 Å². The summed E-state index contributed by atoms with van der Waals surface area (Å²) in [4.78, 5) is 0.